The van der Waals surface area contributed by atoms with Crippen molar-refractivity contribution in [1.82, 2.24) is 0 Å². The van der Waals surface area contributed by atoms with E-state index in [9.17, 15) is 14.4 Å². The maximum atomic E-state index is 12.3. The highest BCUT2D eigenvalue weighted by Gasteiger charge is 2.36. The zero-order chi connectivity index (χ0) is 21.1. The van der Waals surface area contributed by atoms with Gasteiger partial charge in [0, 0.05) is 23.7 Å². The Morgan fingerprint density at radius 1 is 1.14 bits per heavy atom. The van der Waals surface area contributed by atoms with Crippen LogP contribution < -0.4 is 10.2 Å². The molecule has 0 aromatic heterocycles. The van der Waals surface area contributed by atoms with Crippen LogP contribution in [-0.2, 0) is 19.1 Å². The van der Waals surface area contributed by atoms with Crippen molar-refractivity contribution in [2.24, 2.45) is 5.92 Å². The van der Waals surface area contributed by atoms with Crippen LogP contribution in [0, 0.1) is 12.8 Å². The summed E-state index contributed by atoms with van der Waals surface area (Å²) in [4.78, 5) is 38.2. The second-order valence-electron chi connectivity index (χ2n) is 6.64. The number of anilines is 2. The third-order valence-corrected chi connectivity index (χ3v) is 5.24. The number of aryl methyl sites for hydroxylation is 1. The van der Waals surface area contributed by atoms with Gasteiger partial charge in [0.1, 0.15) is 0 Å². The summed E-state index contributed by atoms with van der Waals surface area (Å²) in [5, 5.41) is 3.14. The van der Waals surface area contributed by atoms with E-state index in [1.807, 2.05) is 31.2 Å². The van der Waals surface area contributed by atoms with Crippen molar-refractivity contribution in [2.75, 3.05) is 23.4 Å². The van der Waals surface area contributed by atoms with E-state index < -0.39 is 24.4 Å². The quantitative estimate of drug-likeness (QED) is 0.674. The van der Waals surface area contributed by atoms with Gasteiger partial charge in [-0.2, -0.15) is 0 Å². The molecule has 9 heteroatoms. The van der Waals surface area contributed by atoms with Crippen molar-refractivity contribution < 1.29 is 19.1 Å². The molecular formula is C20H17Cl3N2O4. The molecule has 1 aliphatic rings. The van der Waals surface area contributed by atoms with Crippen LogP contribution in [0.1, 0.15) is 12.0 Å². The number of hydrogen-bond acceptors (Lipinski definition) is 4. The summed E-state index contributed by atoms with van der Waals surface area (Å²) in [5.41, 5.74) is 1.98. The minimum atomic E-state index is -0.640. The summed E-state index contributed by atoms with van der Waals surface area (Å²) in [7, 11) is 0. The van der Waals surface area contributed by atoms with Crippen LogP contribution in [0.25, 0.3) is 0 Å². The molecule has 6 nitrogen and oxygen atoms in total. The zero-order valence-corrected chi connectivity index (χ0v) is 17.6. The Labute approximate surface area is 182 Å². The number of amides is 2. The predicted octanol–water partition coefficient (Wildman–Crippen LogP) is 4.49. The van der Waals surface area contributed by atoms with Crippen molar-refractivity contribution in [3.05, 3.63) is 57.0 Å². The predicted molar refractivity (Wildman–Crippen MR) is 113 cm³/mol. The molecule has 1 saturated heterocycles. The van der Waals surface area contributed by atoms with Gasteiger partial charge in [-0.1, -0.05) is 52.5 Å². The fourth-order valence-corrected chi connectivity index (χ4v) is 3.84. The molecule has 0 bridgehead atoms. The Morgan fingerprint density at radius 2 is 1.76 bits per heavy atom. The highest BCUT2D eigenvalue weighted by molar-refractivity contribution is 6.42. The van der Waals surface area contributed by atoms with E-state index in [0.29, 0.717) is 5.02 Å². The third-order valence-electron chi connectivity index (χ3n) is 4.42. The Morgan fingerprint density at radius 3 is 2.38 bits per heavy atom. The fourth-order valence-electron chi connectivity index (χ4n) is 2.93. The molecule has 0 spiro atoms. The lowest BCUT2D eigenvalue weighted by atomic mass is 10.1. The van der Waals surface area contributed by atoms with Crippen LogP contribution in [0.5, 0.6) is 0 Å². The highest BCUT2D eigenvalue weighted by Crippen LogP contribution is 2.33. The highest BCUT2D eigenvalue weighted by atomic mass is 35.5. The lowest BCUT2D eigenvalue weighted by Crippen LogP contribution is -2.28. The van der Waals surface area contributed by atoms with Crippen molar-refractivity contribution in [1.29, 1.82) is 0 Å². The first kappa shape index (κ1) is 21.4. The second-order valence-corrected chi connectivity index (χ2v) is 7.89. The van der Waals surface area contributed by atoms with E-state index in [1.165, 1.54) is 12.1 Å². The number of hydrogen-bond donors (Lipinski definition) is 1. The van der Waals surface area contributed by atoms with Crippen molar-refractivity contribution >= 4 is 64.0 Å². The maximum Gasteiger partial charge on any atom is 0.311 e. The molecule has 0 aliphatic carbocycles. The van der Waals surface area contributed by atoms with Gasteiger partial charge in [-0.25, -0.2) is 0 Å². The van der Waals surface area contributed by atoms with Gasteiger partial charge in [0.25, 0.3) is 5.91 Å². The van der Waals surface area contributed by atoms with E-state index in [4.69, 9.17) is 39.5 Å². The number of nitrogens with zero attached hydrogens (tertiary/aromatic N) is 1. The monoisotopic (exact) mass is 454 g/mol. The van der Waals surface area contributed by atoms with Crippen LogP contribution in [0.3, 0.4) is 0 Å². The van der Waals surface area contributed by atoms with Crippen LogP contribution in [-0.4, -0.2) is 30.9 Å². The SMILES string of the molecule is Cc1ccc(N2CC(C(=O)OCC(=O)Nc3c(Cl)cc(Cl)cc3Cl)CC2=O)cc1. The molecule has 0 radical (unpaired) electrons. The molecule has 29 heavy (non-hydrogen) atoms. The second kappa shape index (κ2) is 9.03. The molecule has 1 fully saturated rings. The van der Waals surface area contributed by atoms with Gasteiger partial charge < -0.3 is 15.0 Å². The molecule has 1 aliphatic heterocycles. The molecule has 2 amide bonds. The molecule has 0 saturated carbocycles. The molecule has 1 N–H and O–H groups in total. The summed E-state index contributed by atoms with van der Waals surface area (Å²) in [5.74, 6) is -2.03. The van der Waals surface area contributed by atoms with E-state index in [-0.39, 0.29) is 34.6 Å². The maximum absolute atomic E-state index is 12.3. The standard InChI is InChI=1S/C20H17Cl3N2O4/c1-11-2-4-14(5-3-11)25-9-12(6-18(25)27)20(28)29-10-17(26)24-19-15(22)7-13(21)8-16(19)23/h2-5,7-8,12H,6,9-10H2,1H3,(H,24,26). The first-order valence-electron chi connectivity index (χ1n) is 8.72. The van der Waals surface area contributed by atoms with E-state index in [2.05, 4.69) is 5.32 Å². The van der Waals surface area contributed by atoms with Gasteiger partial charge in [-0.15, -0.1) is 0 Å². The van der Waals surface area contributed by atoms with Crippen LogP contribution in [0.2, 0.25) is 15.1 Å². The summed E-state index contributed by atoms with van der Waals surface area (Å²) in [6.45, 7) is 1.63. The molecule has 2 aromatic rings. The lowest BCUT2D eigenvalue weighted by Gasteiger charge is -2.16. The topological polar surface area (TPSA) is 75.7 Å². The number of benzene rings is 2. The summed E-state index contributed by atoms with van der Waals surface area (Å²) in [6.07, 6.45) is 0.0309. The Balaban J connectivity index is 1.55. The average Bonchev–Trinajstić information content (AvgIpc) is 3.05. The number of carbonyl (C=O) groups excluding carboxylic acids is 3. The fraction of sp³-hybridized carbons (Fsp3) is 0.250. The van der Waals surface area contributed by atoms with Crippen molar-refractivity contribution in [2.45, 2.75) is 13.3 Å². The van der Waals surface area contributed by atoms with E-state index in [0.717, 1.165) is 11.3 Å². The van der Waals surface area contributed by atoms with Gasteiger partial charge in [0.05, 0.1) is 21.7 Å². The Bertz CT molecular complexity index is 940. The lowest BCUT2D eigenvalue weighted by molar-refractivity contribution is -0.151. The number of ether oxygens (including phenoxy) is 1. The van der Waals surface area contributed by atoms with E-state index in [1.54, 1.807) is 4.90 Å². The van der Waals surface area contributed by atoms with Crippen molar-refractivity contribution in [3.63, 3.8) is 0 Å². The van der Waals surface area contributed by atoms with Crippen LogP contribution in [0.15, 0.2) is 36.4 Å². The van der Waals surface area contributed by atoms with Gasteiger partial charge in [0.2, 0.25) is 5.91 Å². The minimum Gasteiger partial charge on any atom is -0.455 e. The third kappa shape index (κ3) is 5.21. The summed E-state index contributed by atoms with van der Waals surface area (Å²) in [6, 6.07) is 10.3. The first-order valence-corrected chi connectivity index (χ1v) is 9.86. The van der Waals surface area contributed by atoms with Crippen molar-refractivity contribution in [3.8, 4) is 0 Å². The number of halogens is 3. The average molecular weight is 456 g/mol. The summed E-state index contributed by atoms with van der Waals surface area (Å²) < 4.78 is 5.07. The van der Waals surface area contributed by atoms with Gasteiger partial charge in [-0.05, 0) is 31.2 Å². The molecule has 152 valence electrons. The zero-order valence-electron chi connectivity index (χ0n) is 15.4. The van der Waals surface area contributed by atoms with Gasteiger partial charge in [0.15, 0.2) is 6.61 Å². The number of nitrogens with one attached hydrogen (secondary N) is 1. The van der Waals surface area contributed by atoms with Gasteiger partial charge >= 0.3 is 5.97 Å². The number of rotatable bonds is 5. The molecule has 3 rings (SSSR count). The van der Waals surface area contributed by atoms with Crippen LogP contribution >= 0.6 is 34.8 Å². The smallest absolute Gasteiger partial charge is 0.311 e. The van der Waals surface area contributed by atoms with Gasteiger partial charge in [-0.3, -0.25) is 14.4 Å². The molecule has 2 aromatic carbocycles. The molecule has 1 heterocycles. The first-order chi connectivity index (χ1) is 13.7. The molecule has 1 unspecified atom stereocenters. The van der Waals surface area contributed by atoms with Crippen LogP contribution in [0.4, 0.5) is 11.4 Å². The minimum absolute atomic E-state index is 0.0309. The molecule has 1 atom stereocenters. The number of carbonyl (C=O) groups is 3. The molecular weight excluding hydrogens is 439 g/mol. The van der Waals surface area contributed by atoms with E-state index >= 15 is 0 Å². The summed E-state index contributed by atoms with van der Waals surface area (Å²) >= 11 is 17.8. The Hall–Kier alpha value is -2.28. The Kier molecular flexibility index (Phi) is 6.67. The number of esters is 1. The normalized spacial score (nSPS) is 16.1. The largest absolute Gasteiger partial charge is 0.455 e.